The maximum Gasteiger partial charge on any atom is 0.0904 e. The molecule has 1 fully saturated rings. The molecule has 2 aliphatic rings. The highest BCUT2D eigenvalue weighted by Gasteiger charge is 2.17. The van der Waals surface area contributed by atoms with Crippen molar-refractivity contribution in [3.63, 3.8) is 0 Å². The lowest BCUT2D eigenvalue weighted by atomic mass is 9.99. The van der Waals surface area contributed by atoms with Gasteiger partial charge in [-0.3, -0.25) is 0 Å². The highest BCUT2D eigenvalue weighted by atomic mass is 16.5. The van der Waals surface area contributed by atoms with Crippen molar-refractivity contribution in [2.75, 3.05) is 18.1 Å². The van der Waals surface area contributed by atoms with Crippen LogP contribution in [0, 0.1) is 12.5 Å². The number of para-hydroxylation sites is 1. The van der Waals surface area contributed by atoms with Crippen LogP contribution >= 0.6 is 0 Å². The molecular formula is C18H22NO. The van der Waals surface area contributed by atoms with Crippen molar-refractivity contribution >= 4 is 5.69 Å². The second-order valence-electron chi connectivity index (χ2n) is 5.38. The zero-order valence-corrected chi connectivity index (χ0v) is 12.1. The quantitative estimate of drug-likeness (QED) is 0.818. The molecule has 1 radical (unpaired) electrons. The second-order valence-corrected chi connectivity index (χ2v) is 5.38. The van der Waals surface area contributed by atoms with Crippen molar-refractivity contribution in [3.05, 3.63) is 60.4 Å². The third-order valence-electron chi connectivity index (χ3n) is 4.03. The van der Waals surface area contributed by atoms with Gasteiger partial charge in [0.1, 0.15) is 0 Å². The van der Waals surface area contributed by atoms with Crippen LogP contribution in [0.15, 0.2) is 48.2 Å². The van der Waals surface area contributed by atoms with Crippen LogP contribution in [0.5, 0.6) is 0 Å². The van der Waals surface area contributed by atoms with Gasteiger partial charge in [0.15, 0.2) is 0 Å². The smallest absolute Gasteiger partial charge is 0.0904 e. The van der Waals surface area contributed by atoms with E-state index in [0.717, 1.165) is 26.0 Å². The molecule has 3 rings (SSSR count). The Labute approximate surface area is 121 Å². The first kappa shape index (κ1) is 13.4. The van der Waals surface area contributed by atoms with E-state index in [1.807, 2.05) is 6.61 Å². The monoisotopic (exact) mass is 268 g/mol. The molecule has 1 unspecified atom stereocenters. The van der Waals surface area contributed by atoms with Crippen molar-refractivity contribution in [3.8, 4) is 0 Å². The van der Waals surface area contributed by atoms with Crippen LogP contribution in [-0.4, -0.2) is 13.2 Å². The van der Waals surface area contributed by atoms with E-state index in [0.29, 0.717) is 5.92 Å². The van der Waals surface area contributed by atoms with Crippen LogP contribution in [-0.2, 0) is 11.2 Å². The Bertz CT molecular complexity index is 512. The number of nitrogens with zero attached hydrogens (tertiary/aromatic N) is 1. The molecule has 2 aliphatic heterocycles. The van der Waals surface area contributed by atoms with Crippen LogP contribution in [0.1, 0.15) is 25.3 Å². The summed E-state index contributed by atoms with van der Waals surface area (Å²) in [6.07, 6.45) is 10.2. The fourth-order valence-corrected chi connectivity index (χ4v) is 2.95. The van der Waals surface area contributed by atoms with Crippen LogP contribution in [0.2, 0.25) is 0 Å². The summed E-state index contributed by atoms with van der Waals surface area (Å²) in [6.45, 7) is 6.06. The predicted octanol–water partition coefficient (Wildman–Crippen LogP) is 4.10. The second kappa shape index (κ2) is 6.27. The lowest BCUT2D eigenvalue weighted by Gasteiger charge is -2.30. The number of rotatable bonds is 3. The predicted molar refractivity (Wildman–Crippen MR) is 83.4 cm³/mol. The Morgan fingerprint density at radius 1 is 1.35 bits per heavy atom. The van der Waals surface area contributed by atoms with Crippen LogP contribution in [0.4, 0.5) is 5.69 Å². The molecule has 1 saturated heterocycles. The van der Waals surface area contributed by atoms with Crippen molar-refractivity contribution < 1.29 is 4.74 Å². The Morgan fingerprint density at radius 3 is 3.05 bits per heavy atom. The number of allylic oxidation sites excluding steroid dienone is 2. The van der Waals surface area contributed by atoms with E-state index in [9.17, 15) is 0 Å². The zero-order chi connectivity index (χ0) is 13.8. The molecule has 1 aromatic carbocycles. The lowest BCUT2D eigenvalue weighted by molar-refractivity contribution is 0.132. The molecule has 105 valence electrons. The molecule has 2 heterocycles. The number of fused-ring (bicyclic) bond motifs is 1. The molecule has 2 nitrogen and oxygen atoms in total. The minimum atomic E-state index is 0.459. The maximum absolute atomic E-state index is 5.42. The molecule has 0 aromatic heterocycles. The van der Waals surface area contributed by atoms with Crippen LogP contribution < -0.4 is 4.90 Å². The van der Waals surface area contributed by atoms with E-state index < -0.39 is 0 Å². The molecule has 0 amide bonds. The maximum atomic E-state index is 5.42. The Balaban J connectivity index is 1.76. The molecule has 1 aromatic rings. The Morgan fingerprint density at radius 2 is 2.25 bits per heavy atom. The van der Waals surface area contributed by atoms with E-state index in [1.54, 1.807) is 0 Å². The summed E-state index contributed by atoms with van der Waals surface area (Å²) in [5.41, 5.74) is 4.07. The number of anilines is 1. The average molecular weight is 268 g/mol. The lowest BCUT2D eigenvalue weighted by Crippen LogP contribution is -2.25. The summed E-state index contributed by atoms with van der Waals surface area (Å²) in [4.78, 5) is 2.39. The first-order chi connectivity index (χ1) is 9.88. The first-order valence-corrected chi connectivity index (χ1v) is 7.57. The number of hydrogen-bond acceptors (Lipinski definition) is 2. The SMILES string of the molecule is CCN1C(C=CC2[CH]OCCC2)=CCc2ccccc21. The highest BCUT2D eigenvalue weighted by molar-refractivity contribution is 5.63. The molecule has 0 spiro atoms. The van der Waals surface area contributed by atoms with Gasteiger partial charge in [-0.25, -0.2) is 0 Å². The van der Waals surface area contributed by atoms with E-state index in [4.69, 9.17) is 4.74 Å². The van der Waals surface area contributed by atoms with Crippen molar-refractivity contribution in [1.82, 2.24) is 0 Å². The van der Waals surface area contributed by atoms with Gasteiger partial charge in [-0.1, -0.05) is 30.4 Å². The summed E-state index contributed by atoms with van der Waals surface area (Å²) in [5.74, 6) is 0.459. The summed E-state index contributed by atoms with van der Waals surface area (Å²) in [6, 6.07) is 8.68. The molecule has 0 saturated carbocycles. The van der Waals surface area contributed by atoms with Crippen LogP contribution in [0.25, 0.3) is 0 Å². The van der Waals surface area contributed by atoms with Crippen molar-refractivity contribution in [1.29, 1.82) is 0 Å². The van der Waals surface area contributed by atoms with Gasteiger partial charge in [0.2, 0.25) is 0 Å². The minimum Gasteiger partial charge on any atom is -0.375 e. The van der Waals surface area contributed by atoms with E-state index in [-0.39, 0.29) is 0 Å². The van der Waals surface area contributed by atoms with Crippen molar-refractivity contribution in [2.24, 2.45) is 5.92 Å². The van der Waals surface area contributed by atoms with Crippen LogP contribution in [0.3, 0.4) is 0 Å². The molecule has 1 atom stereocenters. The molecule has 0 bridgehead atoms. The highest BCUT2D eigenvalue weighted by Crippen LogP contribution is 2.30. The van der Waals surface area contributed by atoms with Gasteiger partial charge >= 0.3 is 0 Å². The van der Waals surface area contributed by atoms with E-state index in [2.05, 4.69) is 54.3 Å². The van der Waals surface area contributed by atoms with Gasteiger partial charge < -0.3 is 9.64 Å². The first-order valence-electron chi connectivity index (χ1n) is 7.57. The van der Waals surface area contributed by atoms with Gasteiger partial charge in [-0.05, 0) is 43.9 Å². The number of hydrogen-bond donors (Lipinski definition) is 0. The number of likely N-dealkylation sites (N-methyl/N-ethyl adjacent to an activating group) is 1. The van der Waals surface area contributed by atoms with Gasteiger partial charge in [0.05, 0.1) is 6.61 Å². The fourth-order valence-electron chi connectivity index (χ4n) is 2.95. The third-order valence-corrected chi connectivity index (χ3v) is 4.03. The van der Waals surface area contributed by atoms with E-state index in [1.165, 1.54) is 23.4 Å². The standard InChI is InChI=1S/C18H22NO/c1-2-19-17(11-9-15-6-5-13-20-14-15)12-10-16-7-3-4-8-18(16)19/h3-4,7-9,11-12,14-15H,2,5-6,10,13H2,1H3. The van der Waals surface area contributed by atoms with Gasteiger partial charge in [-0.15, -0.1) is 0 Å². The summed E-state index contributed by atoms with van der Waals surface area (Å²) in [5, 5.41) is 0. The Kier molecular flexibility index (Phi) is 4.22. The number of ether oxygens (including phenoxy) is 1. The number of benzene rings is 1. The average Bonchev–Trinajstić information content (AvgIpc) is 2.53. The molecular weight excluding hydrogens is 246 g/mol. The summed E-state index contributed by atoms with van der Waals surface area (Å²) < 4.78 is 5.42. The van der Waals surface area contributed by atoms with Crippen molar-refractivity contribution in [2.45, 2.75) is 26.2 Å². The largest absolute Gasteiger partial charge is 0.375 e. The van der Waals surface area contributed by atoms with Gasteiger partial charge in [0.25, 0.3) is 0 Å². The summed E-state index contributed by atoms with van der Waals surface area (Å²) >= 11 is 0. The zero-order valence-electron chi connectivity index (χ0n) is 12.1. The van der Waals surface area contributed by atoms with Gasteiger partial charge in [-0.2, -0.15) is 0 Å². The fraction of sp³-hybridized carbons (Fsp3) is 0.389. The summed E-state index contributed by atoms with van der Waals surface area (Å²) in [7, 11) is 0. The normalized spacial score (nSPS) is 22.8. The minimum absolute atomic E-state index is 0.459. The topological polar surface area (TPSA) is 12.5 Å². The Hall–Kier alpha value is -1.54. The van der Waals surface area contributed by atoms with E-state index >= 15 is 0 Å². The molecule has 20 heavy (non-hydrogen) atoms. The molecule has 0 aliphatic carbocycles. The molecule has 2 heteroatoms. The molecule has 0 N–H and O–H groups in total. The third kappa shape index (κ3) is 2.80. The van der Waals surface area contributed by atoms with Gasteiger partial charge in [0, 0.05) is 30.5 Å².